The van der Waals surface area contributed by atoms with Gasteiger partial charge in [-0.2, -0.15) is 0 Å². The van der Waals surface area contributed by atoms with E-state index in [1.165, 1.54) is 28.7 Å². The molecule has 0 radical (unpaired) electrons. The van der Waals surface area contributed by atoms with Crippen molar-refractivity contribution in [1.82, 2.24) is 0 Å². The van der Waals surface area contributed by atoms with Gasteiger partial charge < -0.3 is 0 Å². The molecule has 5 rings (SSSR count). The molecule has 1 aliphatic heterocycles. The minimum absolute atomic E-state index is 0.873. The third-order valence-corrected chi connectivity index (χ3v) is 16.8. The van der Waals surface area contributed by atoms with E-state index in [9.17, 15) is 0 Å². The van der Waals surface area contributed by atoms with E-state index < -0.39 is 13.3 Å². The fourth-order valence-electron chi connectivity index (χ4n) is 4.89. The van der Waals surface area contributed by atoms with E-state index in [1.807, 2.05) is 0 Å². The summed E-state index contributed by atoms with van der Waals surface area (Å²) in [4.78, 5) is 0. The Hall–Kier alpha value is -3.50. The molecule has 0 unspecified atom stereocenters. The van der Waals surface area contributed by atoms with Crippen molar-refractivity contribution in [3.05, 3.63) is 132 Å². The van der Waals surface area contributed by atoms with Gasteiger partial charge in [0.25, 0.3) is 0 Å². The molecular weight excluding hydrogens is 465 g/mol. The van der Waals surface area contributed by atoms with Crippen LogP contribution in [-0.2, 0) is 0 Å². The summed E-state index contributed by atoms with van der Waals surface area (Å²) in [5.41, 5.74) is 2.51. The zero-order chi connectivity index (χ0) is 22.7. The summed E-state index contributed by atoms with van der Waals surface area (Å²) in [6.45, 7) is 0. The van der Waals surface area contributed by atoms with Crippen LogP contribution in [0.1, 0.15) is 11.1 Å². The van der Waals surface area contributed by atoms with Crippen LogP contribution >= 0.6 is 0 Å². The fourth-order valence-corrected chi connectivity index (χ4v) is 15.6. The monoisotopic (exact) mass is 492 g/mol. The predicted molar refractivity (Wildman–Crippen MR) is 140 cm³/mol. The molecule has 3 heteroatoms. The number of rotatable bonds is 6. The van der Waals surface area contributed by atoms with Crippen LogP contribution in [0, 0.1) is 0 Å². The van der Waals surface area contributed by atoms with Crippen LogP contribution in [-0.4, -0.2) is 27.5 Å². The van der Waals surface area contributed by atoms with Crippen molar-refractivity contribution in [1.29, 1.82) is 0 Å². The van der Waals surface area contributed by atoms with Crippen LogP contribution in [0.3, 0.4) is 0 Å². The van der Waals surface area contributed by atoms with Crippen LogP contribution in [0.2, 0.25) is 0 Å². The maximum atomic E-state index is 5.44. The summed E-state index contributed by atoms with van der Waals surface area (Å²) in [6, 6.07) is 39.2. The zero-order valence-corrected chi connectivity index (χ0v) is 21.0. The van der Waals surface area contributed by atoms with Crippen molar-refractivity contribution in [2.24, 2.45) is 0 Å². The number of methoxy groups -OCH3 is 2. The molecule has 4 aromatic carbocycles. The molecule has 0 bridgehead atoms. The van der Waals surface area contributed by atoms with Crippen molar-refractivity contribution in [2.75, 3.05) is 14.2 Å². The topological polar surface area (TPSA) is 18.5 Å². The van der Waals surface area contributed by atoms with Crippen molar-refractivity contribution < 1.29 is 9.47 Å². The van der Waals surface area contributed by atoms with Gasteiger partial charge in [0.15, 0.2) is 0 Å². The number of hydrogen-bond acceptors (Lipinski definition) is 2. The summed E-state index contributed by atoms with van der Waals surface area (Å²) < 4.78 is 16.6. The molecule has 0 aromatic heterocycles. The van der Waals surface area contributed by atoms with E-state index in [0.29, 0.717) is 0 Å². The number of ether oxygens (including phenoxy) is 2. The Morgan fingerprint density at radius 1 is 0.455 bits per heavy atom. The van der Waals surface area contributed by atoms with Gasteiger partial charge in [-0.15, -0.1) is 0 Å². The molecule has 2 nitrogen and oxygen atoms in total. The van der Waals surface area contributed by atoms with Gasteiger partial charge in [-0.3, -0.25) is 0 Å². The molecule has 0 saturated carbocycles. The summed E-state index contributed by atoms with van der Waals surface area (Å²) >= 11 is -3.27. The average molecular weight is 491 g/mol. The first-order valence-electron chi connectivity index (χ1n) is 11.1. The Balaban J connectivity index is 1.78. The third kappa shape index (κ3) is 3.71. The van der Waals surface area contributed by atoms with E-state index in [1.54, 1.807) is 14.2 Å². The van der Waals surface area contributed by atoms with E-state index in [-0.39, 0.29) is 0 Å². The van der Waals surface area contributed by atoms with Crippen molar-refractivity contribution in [3.63, 3.8) is 0 Å². The second-order valence-electron chi connectivity index (χ2n) is 8.10. The normalized spacial score (nSPS) is 14.4. The molecule has 0 N–H and O–H groups in total. The number of allylic oxidation sites excluding steroid dienone is 2. The van der Waals surface area contributed by atoms with Gasteiger partial charge in [0.05, 0.1) is 0 Å². The minimum atomic E-state index is -3.27. The molecule has 1 aliphatic rings. The van der Waals surface area contributed by atoms with Gasteiger partial charge in [0, 0.05) is 0 Å². The van der Waals surface area contributed by atoms with E-state index in [4.69, 9.17) is 9.47 Å². The fraction of sp³-hybridized carbons (Fsp3) is 0.0667. The summed E-state index contributed by atoms with van der Waals surface area (Å²) in [6.07, 6.45) is 4.70. The van der Waals surface area contributed by atoms with Crippen LogP contribution in [0.15, 0.2) is 121 Å². The van der Waals surface area contributed by atoms with Gasteiger partial charge in [-0.05, 0) is 0 Å². The van der Waals surface area contributed by atoms with Crippen LogP contribution in [0.5, 0.6) is 11.5 Å². The molecule has 0 saturated heterocycles. The van der Waals surface area contributed by atoms with E-state index in [0.717, 1.165) is 11.5 Å². The molecule has 0 fully saturated rings. The summed E-state index contributed by atoms with van der Waals surface area (Å²) in [7, 11) is 3.42. The molecule has 162 valence electrons. The molecule has 0 amide bonds. The quantitative estimate of drug-likeness (QED) is 0.331. The Morgan fingerprint density at radius 2 is 0.818 bits per heavy atom. The molecule has 0 atom stereocenters. The SMILES string of the molecule is COc1ccc([C]2=CC=[C](c3ccc(OC)cc3)[Ge]2([c]2ccccc2)[c]2ccccc2)cc1. The molecular formula is C30H26GeO2. The standard InChI is InChI=1S/C30H26GeO2/c1-32-27-17-13-23(14-18-27)29-21-22-30(24-15-19-28(33-2)20-16-24)31(29,25-9-5-3-6-10-25)26-11-7-4-8-12-26/h3-22H,1-2H3. The maximum absolute atomic E-state index is 5.44. The average Bonchev–Trinajstić information content (AvgIpc) is 3.31. The first kappa shape index (κ1) is 21.4. The predicted octanol–water partition coefficient (Wildman–Crippen LogP) is 5.53. The van der Waals surface area contributed by atoms with Crippen LogP contribution in [0.25, 0.3) is 8.81 Å². The van der Waals surface area contributed by atoms with E-state index >= 15 is 0 Å². The Kier molecular flexibility index (Phi) is 5.93. The second-order valence-corrected chi connectivity index (χ2v) is 15.9. The summed E-state index contributed by atoms with van der Waals surface area (Å²) in [5.74, 6) is 1.75. The van der Waals surface area contributed by atoms with Gasteiger partial charge >= 0.3 is 199 Å². The molecule has 0 spiro atoms. The van der Waals surface area contributed by atoms with Crippen LogP contribution < -0.4 is 18.3 Å². The first-order chi connectivity index (χ1) is 16.3. The van der Waals surface area contributed by atoms with E-state index in [2.05, 4.69) is 121 Å². The Morgan fingerprint density at radius 3 is 1.15 bits per heavy atom. The first-order valence-corrected chi connectivity index (χ1v) is 15.3. The Bertz CT molecular complexity index is 1180. The van der Waals surface area contributed by atoms with Gasteiger partial charge in [0.1, 0.15) is 0 Å². The molecule has 1 heterocycles. The molecule has 4 aromatic rings. The van der Waals surface area contributed by atoms with Gasteiger partial charge in [-0.1, -0.05) is 0 Å². The van der Waals surface area contributed by atoms with Crippen molar-refractivity contribution in [3.8, 4) is 11.5 Å². The van der Waals surface area contributed by atoms with Crippen molar-refractivity contribution in [2.45, 2.75) is 0 Å². The van der Waals surface area contributed by atoms with Crippen LogP contribution in [0.4, 0.5) is 0 Å². The zero-order valence-electron chi connectivity index (χ0n) is 18.9. The molecule has 0 aliphatic carbocycles. The molecule has 33 heavy (non-hydrogen) atoms. The van der Waals surface area contributed by atoms with Gasteiger partial charge in [0.2, 0.25) is 0 Å². The number of benzene rings is 4. The van der Waals surface area contributed by atoms with Gasteiger partial charge in [-0.25, -0.2) is 0 Å². The summed E-state index contributed by atoms with van der Waals surface area (Å²) in [5, 5.41) is 0. The second kappa shape index (κ2) is 9.16. The van der Waals surface area contributed by atoms with Crippen molar-refractivity contribution >= 4 is 30.9 Å². The third-order valence-electron chi connectivity index (χ3n) is 6.44. The Labute approximate surface area is 198 Å². The number of hydrogen-bond donors (Lipinski definition) is 0.